The number of nitrogens with one attached hydrogen (secondary N) is 1. The first-order valence-electron chi connectivity index (χ1n) is 18.7. The van der Waals surface area contributed by atoms with Crippen molar-refractivity contribution in [3.8, 4) is 0 Å². The highest BCUT2D eigenvalue weighted by Gasteiger charge is 2.28. The lowest BCUT2D eigenvalue weighted by molar-refractivity contribution is -0.147. The summed E-state index contributed by atoms with van der Waals surface area (Å²) in [5, 5.41) is 21.6. The number of carbonyl (C=O) groups is 3. The van der Waals surface area contributed by atoms with Gasteiger partial charge in [0.2, 0.25) is 5.91 Å². The Morgan fingerprint density at radius 1 is 0.640 bits per heavy atom. The second-order valence-electron chi connectivity index (χ2n) is 12.4. The summed E-state index contributed by atoms with van der Waals surface area (Å²) in [7, 11) is -4.75. The molecule has 0 bridgehead atoms. The zero-order valence-electron chi connectivity index (χ0n) is 30.7. The smallest absolute Gasteiger partial charge is 0.472 e. The van der Waals surface area contributed by atoms with Gasteiger partial charge in [-0.15, -0.1) is 0 Å². The molecule has 3 unspecified atom stereocenters. The lowest BCUT2D eigenvalue weighted by Crippen LogP contribution is -2.43. The number of allylic oxidation sites excluding steroid dienone is 8. The van der Waals surface area contributed by atoms with Crippen LogP contribution in [-0.2, 0) is 32.7 Å². The third-order valence-corrected chi connectivity index (χ3v) is 8.57. The summed E-state index contributed by atoms with van der Waals surface area (Å²) in [6.07, 6.45) is 34.5. The third-order valence-electron chi connectivity index (χ3n) is 7.62. The molecule has 0 aromatic carbocycles. The van der Waals surface area contributed by atoms with E-state index in [4.69, 9.17) is 13.8 Å². The number of phosphoric ester groups is 1. The van der Waals surface area contributed by atoms with Crippen LogP contribution in [0.25, 0.3) is 0 Å². The number of aliphatic carboxylic acids is 1. The number of aliphatic hydroxyl groups excluding tert-OH is 1. The van der Waals surface area contributed by atoms with Gasteiger partial charge < -0.3 is 25.2 Å². The van der Waals surface area contributed by atoms with E-state index in [1.807, 2.05) is 0 Å². The van der Waals surface area contributed by atoms with Gasteiger partial charge in [0.25, 0.3) is 0 Å². The van der Waals surface area contributed by atoms with Crippen LogP contribution in [0.1, 0.15) is 142 Å². The molecule has 0 saturated carbocycles. The minimum atomic E-state index is -4.75. The maximum atomic E-state index is 12.2. The Morgan fingerprint density at radius 3 is 1.68 bits per heavy atom. The topological polar surface area (TPSA) is 169 Å². The van der Waals surface area contributed by atoms with E-state index in [9.17, 15) is 34.1 Å². The number of carboxylic acid groups (broad SMARTS) is 1. The zero-order chi connectivity index (χ0) is 37.1. The van der Waals surface area contributed by atoms with E-state index in [-0.39, 0.29) is 12.8 Å². The first-order valence-corrected chi connectivity index (χ1v) is 20.2. The number of carbonyl (C=O) groups excluding carboxylic acids is 2. The molecule has 288 valence electrons. The minimum absolute atomic E-state index is 0.107. The summed E-state index contributed by atoms with van der Waals surface area (Å²) in [6.45, 7) is 2.45. The van der Waals surface area contributed by atoms with E-state index >= 15 is 0 Å². The SMILES string of the molecule is CCCCC/C=C\C/C=C\C/C=C\C/C=C\CCCCCC(=O)NC(COP(=O)(O)OCC(O)COC(=O)CCCCCCCCC)C(=O)O. The lowest BCUT2D eigenvalue weighted by Gasteiger charge is -2.18. The number of carboxylic acids is 1. The Morgan fingerprint density at radius 2 is 1.10 bits per heavy atom. The molecule has 12 heteroatoms. The van der Waals surface area contributed by atoms with Crippen molar-refractivity contribution < 1.29 is 47.8 Å². The predicted molar refractivity (Wildman–Crippen MR) is 199 cm³/mol. The van der Waals surface area contributed by atoms with Crippen molar-refractivity contribution in [1.82, 2.24) is 5.32 Å². The highest BCUT2D eigenvalue weighted by Crippen LogP contribution is 2.43. The van der Waals surface area contributed by atoms with E-state index in [1.54, 1.807) is 0 Å². The van der Waals surface area contributed by atoms with Crippen LogP contribution in [0.5, 0.6) is 0 Å². The second-order valence-corrected chi connectivity index (χ2v) is 13.9. The van der Waals surface area contributed by atoms with Gasteiger partial charge in [0, 0.05) is 12.8 Å². The summed E-state index contributed by atoms with van der Waals surface area (Å²) in [5.74, 6) is -2.43. The van der Waals surface area contributed by atoms with E-state index in [0.29, 0.717) is 12.8 Å². The number of aliphatic hydroxyl groups is 1. The molecule has 11 nitrogen and oxygen atoms in total. The average Bonchev–Trinajstić information content (AvgIpc) is 3.08. The molecule has 0 radical (unpaired) electrons. The van der Waals surface area contributed by atoms with E-state index in [2.05, 4.69) is 67.8 Å². The molecule has 1 amide bonds. The number of unbranched alkanes of at least 4 members (excludes halogenated alkanes) is 12. The number of esters is 1. The normalized spacial score (nSPS) is 14.5. The van der Waals surface area contributed by atoms with Crippen molar-refractivity contribution in [3.63, 3.8) is 0 Å². The van der Waals surface area contributed by atoms with Gasteiger partial charge in [-0.05, 0) is 57.8 Å². The van der Waals surface area contributed by atoms with Gasteiger partial charge in [-0.25, -0.2) is 9.36 Å². The summed E-state index contributed by atoms with van der Waals surface area (Å²) in [4.78, 5) is 45.5. The van der Waals surface area contributed by atoms with Crippen molar-refractivity contribution in [2.75, 3.05) is 19.8 Å². The fraction of sp³-hybridized carbons (Fsp3) is 0.711. The molecule has 0 fully saturated rings. The van der Waals surface area contributed by atoms with E-state index in [1.165, 1.54) is 44.9 Å². The molecule has 3 atom stereocenters. The minimum Gasteiger partial charge on any atom is -0.480 e. The molecule has 50 heavy (non-hydrogen) atoms. The van der Waals surface area contributed by atoms with Crippen LogP contribution in [0.2, 0.25) is 0 Å². The van der Waals surface area contributed by atoms with Crippen LogP contribution >= 0.6 is 7.82 Å². The Hall–Kier alpha value is -2.56. The van der Waals surface area contributed by atoms with Crippen LogP contribution < -0.4 is 5.32 Å². The summed E-state index contributed by atoms with van der Waals surface area (Å²) in [5.41, 5.74) is 0. The van der Waals surface area contributed by atoms with E-state index in [0.717, 1.165) is 57.8 Å². The van der Waals surface area contributed by atoms with Crippen LogP contribution in [0.4, 0.5) is 0 Å². The number of phosphoric acid groups is 1. The van der Waals surface area contributed by atoms with Crippen LogP contribution in [0, 0.1) is 0 Å². The summed E-state index contributed by atoms with van der Waals surface area (Å²) in [6, 6.07) is -1.56. The second kappa shape index (κ2) is 33.6. The largest absolute Gasteiger partial charge is 0.480 e. The molecular weight excluding hydrogens is 661 g/mol. The van der Waals surface area contributed by atoms with Gasteiger partial charge in [0.15, 0.2) is 6.04 Å². The van der Waals surface area contributed by atoms with Gasteiger partial charge in [0.1, 0.15) is 12.7 Å². The van der Waals surface area contributed by atoms with Crippen molar-refractivity contribution >= 4 is 25.7 Å². The van der Waals surface area contributed by atoms with Gasteiger partial charge in [-0.1, -0.05) is 120 Å². The first kappa shape index (κ1) is 47.4. The van der Waals surface area contributed by atoms with Crippen molar-refractivity contribution in [1.29, 1.82) is 0 Å². The molecule has 0 aromatic rings. The average molecular weight is 728 g/mol. The van der Waals surface area contributed by atoms with Gasteiger partial charge in [-0.3, -0.25) is 18.6 Å². The molecule has 0 heterocycles. The first-order chi connectivity index (χ1) is 24.1. The van der Waals surface area contributed by atoms with Gasteiger partial charge in [0.05, 0.1) is 13.2 Å². The highest BCUT2D eigenvalue weighted by atomic mass is 31.2. The van der Waals surface area contributed by atoms with Crippen LogP contribution in [-0.4, -0.2) is 64.9 Å². The Labute approximate surface area is 301 Å². The molecule has 4 N–H and O–H groups in total. The number of hydrogen-bond donors (Lipinski definition) is 4. The Balaban J connectivity index is 4.05. The zero-order valence-corrected chi connectivity index (χ0v) is 31.6. The maximum absolute atomic E-state index is 12.2. The molecule has 0 aliphatic heterocycles. The molecule has 0 aromatic heterocycles. The Kier molecular flexibility index (Phi) is 31.9. The molecule has 0 aliphatic rings. The summed E-state index contributed by atoms with van der Waals surface area (Å²) >= 11 is 0. The molecule has 0 rings (SSSR count). The number of ether oxygens (including phenoxy) is 1. The number of rotatable bonds is 34. The van der Waals surface area contributed by atoms with Crippen molar-refractivity contribution in [3.05, 3.63) is 48.6 Å². The van der Waals surface area contributed by atoms with Gasteiger partial charge in [-0.2, -0.15) is 0 Å². The lowest BCUT2D eigenvalue weighted by atomic mass is 10.1. The van der Waals surface area contributed by atoms with Gasteiger partial charge >= 0.3 is 19.8 Å². The Bertz CT molecular complexity index is 1040. The van der Waals surface area contributed by atoms with E-state index < -0.39 is 57.6 Å². The van der Waals surface area contributed by atoms with Crippen molar-refractivity contribution in [2.24, 2.45) is 0 Å². The molecule has 0 saturated heterocycles. The quantitative estimate of drug-likeness (QED) is 0.0218. The van der Waals surface area contributed by atoms with Crippen LogP contribution in [0.3, 0.4) is 0 Å². The number of amides is 1. The standard InChI is InChI=1S/C38H66NO10P/c1-3-5-7-9-11-12-13-14-15-16-17-18-19-20-21-22-24-25-27-29-36(41)39-35(38(43)44)33-49-50(45,46)48-32-34(40)31-47-37(42)30-28-26-23-10-8-6-4-2/h11-12,14-15,17-18,20-21,34-35,40H,3-10,13,16,19,22-33H2,1-2H3,(H,39,41)(H,43,44)(H,45,46)/b12-11-,15-14-,18-17-,21-20-. The third kappa shape index (κ3) is 32.6. The maximum Gasteiger partial charge on any atom is 0.472 e. The number of hydrogen-bond acceptors (Lipinski definition) is 8. The highest BCUT2D eigenvalue weighted by molar-refractivity contribution is 7.47. The monoisotopic (exact) mass is 727 g/mol. The molecule has 0 aliphatic carbocycles. The summed E-state index contributed by atoms with van der Waals surface area (Å²) < 4.78 is 26.6. The fourth-order valence-corrected chi connectivity index (χ4v) is 5.42. The molecular formula is C38H66NO10P. The molecule has 0 spiro atoms. The predicted octanol–water partition coefficient (Wildman–Crippen LogP) is 8.66. The fourth-order valence-electron chi connectivity index (χ4n) is 4.65. The van der Waals surface area contributed by atoms with Crippen molar-refractivity contribution in [2.45, 2.75) is 154 Å². The van der Waals surface area contributed by atoms with Crippen LogP contribution in [0.15, 0.2) is 48.6 Å².